The Kier molecular flexibility index (Phi) is 4.17. The van der Waals surface area contributed by atoms with Crippen LogP contribution < -0.4 is 5.32 Å². The molecule has 0 saturated heterocycles. The van der Waals surface area contributed by atoms with Gasteiger partial charge in [0.2, 0.25) is 5.92 Å². The average molecular weight is 235 g/mol. The molecule has 88 valence electrons. The van der Waals surface area contributed by atoms with Crippen molar-refractivity contribution in [1.82, 2.24) is 5.32 Å². The zero-order valence-corrected chi connectivity index (χ0v) is 7.41. The van der Waals surface area contributed by atoms with E-state index in [9.17, 15) is 31.1 Å². The largest absolute Gasteiger partial charge is 0.407 e. The lowest BCUT2D eigenvalue weighted by Gasteiger charge is -2.20. The van der Waals surface area contributed by atoms with E-state index in [0.717, 1.165) is 0 Å². The second-order valence-corrected chi connectivity index (χ2v) is 2.54. The van der Waals surface area contributed by atoms with Crippen molar-refractivity contribution in [3.05, 3.63) is 12.3 Å². The van der Waals surface area contributed by atoms with Crippen molar-refractivity contribution in [3.63, 3.8) is 0 Å². The van der Waals surface area contributed by atoms with Crippen LogP contribution >= 0.6 is 0 Å². The summed E-state index contributed by atoms with van der Waals surface area (Å²) in [5.74, 6) is -6.01. The van der Waals surface area contributed by atoms with E-state index in [-0.39, 0.29) is 6.08 Å². The highest BCUT2D eigenvalue weighted by atomic mass is 19.4. The fourth-order valence-electron chi connectivity index (χ4n) is 0.770. The fourth-order valence-corrected chi connectivity index (χ4v) is 0.770. The van der Waals surface area contributed by atoms with Crippen LogP contribution in [-0.2, 0) is 4.79 Å². The molecule has 0 aromatic heterocycles. The number of carbonyl (C=O) groups is 1. The number of alkyl halides is 6. The van der Waals surface area contributed by atoms with Gasteiger partial charge in [-0.2, -0.15) is 26.3 Å². The minimum absolute atomic E-state index is 0.200. The molecule has 0 aliphatic carbocycles. The van der Waals surface area contributed by atoms with Gasteiger partial charge in [0.1, 0.15) is 0 Å². The molecule has 2 nitrogen and oxygen atoms in total. The Morgan fingerprint density at radius 2 is 1.53 bits per heavy atom. The van der Waals surface area contributed by atoms with Gasteiger partial charge < -0.3 is 5.32 Å². The van der Waals surface area contributed by atoms with Crippen molar-refractivity contribution < 1.29 is 31.1 Å². The van der Waals surface area contributed by atoms with Crippen LogP contribution in [0.2, 0.25) is 0 Å². The van der Waals surface area contributed by atoms with Gasteiger partial charge in [0, 0.05) is 7.05 Å². The predicted molar refractivity (Wildman–Crippen MR) is 38.8 cm³/mol. The summed E-state index contributed by atoms with van der Waals surface area (Å²) in [5, 5.41) is 2.12. The molecule has 0 aliphatic heterocycles. The fraction of sp³-hybridized carbons (Fsp3) is 0.571. The average Bonchev–Trinajstić information content (AvgIpc) is 1.94. The summed E-state index contributed by atoms with van der Waals surface area (Å²) < 4.78 is 71.4. The molecular weight excluding hydrogens is 228 g/mol. The second-order valence-electron chi connectivity index (χ2n) is 2.54. The zero-order valence-electron chi connectivity index (χ0n) is 7.41. The minimum Gasteiger partial charge on any atom is -0.394 e. The lowest BCUT2D eigenvalue weighted by molar-refractivity contribution is -0.271. The summed E-state index contributed by atoms with van der Waals surface area (Å²) in [6.45, 7) is 0. The molecule has 15 heavy (non-hydrogen) atoms. The van der Waals surface area contributed by atoms with Gasteiger partial charge >= 0.3 is 12.4 Å². The van der Waals surface area contributed by atoms with Crippen LogP contribution in [0.3, 0.4) is 0 Å². The summed E-state index contributed by atoms with van der Waals surface area (Å²) in [7, 11) is 1.24. The van der Waals surface area contributed by atoms with Crippen molar-refractivity contribution >= 4 is 5.78 Å². The second kappa shape index (κ2) is 4.54. The van der Waals surface area contributed by atoms with Gasteiger partial charge in [-0.1, -0.05) is 0 Å². The van der Waals surface area contributed by atoms with E-state index >= 15 is 0 Å². The lowest BCUT2D eigenvalue weighted by Crippen LogP contribution is -2.41. The molecular formula is C7H7F6NO. The summed E-state index contributed by atoms with van der Waals surface area (Å²) in [6, 6.07) is 0. The zero-order chi connectivity index (χ0) is 12.3. The van der Waals surface area contributed by atoms with Crippen molar-refractivity contribution in [1.29, 1.82) is 0 Å². The van der Waals surface area contributed by atoms with Crippen LogP contribution in [0.25, 0.3) is 0 Å². The highest BCUT2D eigenvalue weighted by Crippen LogP contribution is 2.39. The van der Waals surface area contributed by atoms with Crippen LogP contribution in [-0.4, -0.2) is 25.2 Å². The molecule has 0 radical (unpaired) electrons. The Morgan fingerprint density at radius 1 is 1.13 bits per heavy atom. The number of nitrogens with one attached hydrogen (secondary N) is 1. The van der Waals surface area contributed by atoms with E-state index in [2.05, 4.69) is 5.32 Å². The van der Waals surface area contributed by atoms with Gasteiger partial charge in [0.05, 0.1) is 0 Å². The number of hydrogen-bond acceptors (Lipinski definition) is 2. The van der Waals surface area contributed by atoms with E-state index in [1.807, 2.05) is 0 Å². The molecule has 8 heteroatoms. The highest BCUT2D eigenvalue weighted by Gasteiger charge is 2.60. The third kappa shape index (κ3) is 4.22. The summed E-state index contributed by atoms with van der Waals surface area (Å²) in [4.78, 5) is 10.6. The number of rotatable bonds is 3. The summed E-state index contributed by atoms with van der Waals surface area (Å²) >= 11 is 0. The minimum atomic E-state index is -5.63. The molecule has 0 aromatic carbocycles. The van der Waals surface area contributed by atoms with Crippen molar-refractivity contribution in [2.24, 2.45) is 5.92 Å². The van der Waals surface area contributed by atoms with Crippen LogP contribution in [0.1, 0.15) is 0 Å². The monoisotopic (exact) mass is 235 g/mol. The Bertz CT molecular complexity index is 239. The number of ketones is 1. The Labute approximate surface area is 80.9 Å². The Morgan fingerprint density at radius 3 is 1.80 bits per heavy atom. The SMILES string of the molecule is CNC=CC(=O)C(C(F)(F)F)C(F)(F)F. The number of hydrogen-bond donors (Lipinski definition) is 1. The molecule has 0 unspecified atom stereocenters. The van der Waals surface area contributed by atoms with Gasteiger partial charge in [-0.05, 0) is 12.3 Å². The third-order valence-corrected chi connectivity index (χ3v) is 1.35. The Balaban J connectivity index is 4.98. The van der Waals surface area contributed by atoms with E-state index < -0.39 is 24.1 Å². The van der Waals surface area contributed by atoms with Crippen molar-refractivity contribution in [2.45, 2.75) is 12.4 Å². The van der Waals surface area contributed by atoms with Gasteiger partial charge in [0.15, 0.2) is 5.78 Å². The topological polar surface area (TPSA) is 29.1 Å². The van der Waals surface area contributed by atoms with Crippen molar-refractivity contribution in [2.75, 3.05) is 7.05 Å². The molecule has 0 atom stereocenters. The van der Waals surface area contributed by atoms with Gasteiger partial charge in [-0.15, -0.1) is 0 Å². The molecule has 0 spiro atoms. The maximum Gasteiger partial charge on any atom is 0.407 e. The maximum atomic E-state index is 11.9. The molecule has 1 N–H and O–H groups in total. The maximum absolute atomic E-state index is 11.9. The van der Waals surface area contributed by atoms with Crippen LogP contribution in [0.15, 0.2) is 12.3 Å². The first kappa shape index (κ1) is 13.8. The smallest absolute Gasteiger partial charge is 0.394 e. The first-order valence-electron chi connectivity index (χ1n) is 3.61. The molecule has 0 heterocycles. The van der Waals surface area contributed by atoms with E-state index in [1.165, 1.54) is 7.05 Å². The lowest BCUT2D eigenvalue weighted by atomic mass is 10.0. The van der Waals surface area contributed by atoms with Crippen LogP contribution in [0.4, 0.5) is 26.3 Å². The first-order chi connectivity index (χ1) is 6.60. The van der Waals surface area contributed by atoms with E-state index in [0.29, 0.717) is 6.20 Å². The van der Waals surface area contributed by atoms with Gasteiger partial charge in [-0.3, -0.25) is 4.79 Å². The van der Waals surface area contributed by atoms with Crippen molar-refractivity contribution in [3.8, 4) is 0 Å². The number of allylic oxidation sites excluding steroid dienone is 1. The molecule has 0 amide bonds. The molecule has 0 bridgehead atoms. The number of halogens is 6. The number of carbonyl (C=O) groups excluding carboxylic acids is 1. The molecule has 0 aromatic rings. The van der Waals surface area contributed by atoms with E-state index in [4.69, 9.17) is 0 Å². The molecule has 0 fully saturated rings. The molecule has 0 aliphatic rings. The molecule has 0 saturated carbocycles. The Hall–Kier alpha value is -1.21. The molecule has 0 rings (SSSR count). The van der Waals surface area contributed by atoms with Crippen LogP contribution in [0, 0.1) is 5.92 Å². The highest BCUT2D eigenvalue weighted by molar-refractivity contribution is 5.92. The standard InChI is InChI=1S/C7H7F6NO/c1-14-3-2-4(15)5(6(8,9)10)7(11,12)13/h2-3,5,14H,1H3. The van der Waals surface area contributed by atoms with E-state index in [1.54, 1.807) is 0 Å². The van der Waals surface area contributed by atoms with Crippen LogP contribution in [0.5, 0.6) is 0 Å². The quantitative estimate of drug-likeness (QED) is 0.599. The normalized spacial score (nSPS) is 13.6. The third-order valence-electron chi connectivity index (χ3n) is 1.35. The predicted octanol–water partition coefficient (Wildman–Crippen LogP) is 2.03. The summed E-state index contributed by atoms with van der Waals surface area (Å²) in [5.41, 5.74) is 0. The summed E-state index contributed by atoms with van der Waals surface area (Å²) in [6.07, 6.45) is -10.4. The van der Waals surface area contributed by atoms with Gasteiger partial charge in [0.25, 0.3) is 0 Å². The first-order valence-corrected chi connectivity index (χ1v) is 3.61. The van der Waals surface area contributed by atoms with Gasteiger partial charge in [-0.25, -0.2) is 0 Å².